The minimum Gasteiger partial charge on any atom is -0.371 e. The second-order valence-corrected chi connectivity index (χ2v) is 9.28. The largest absolute Gasteiger partial charge is 0.371 e. The van der Waals surface area contributed by atoms with Crippen LogP contribution in [-0.2, 0) is 9.84 Å². The van der Waals surface area contributed by atoms with Crippen molar-refractivity contribution >= 4 is 15.5 Å². The summed E-state index contributed by atoms with van der Waals surface area (Å²) in [6, 6.07) is 14.9. The summed E-state index contributed by atoms with van der Waals surface area (Å²) in [5, 5.41) is 0. The standard InChI is InChI=1S/C21H26N2O2S/c1-3-23-13-11-18-19-15-17(26(24,25)16-7-5-4-6-8-16)9-10-20(19)22(2)21(18)12-14-23/h4-10,15,18,21H,3,11-14H2,1-2H3/t18-,21?/m1/s1. The lowest BCUT2D eigenvalue weighted by molar-refractivity contribution is 0.298. The molecule has 1 unspecified atom stereocenters. The lowest BCUT2D eigenvalue weighted by Gasteiger charge is -2.25. The number of hydrogen-bond donors (Lipinski definition) is 0. The molecule has 5 heteroatoms. The number of anilines is 1. The zero-order valence-corrected chi connectivity index (χ0v) is 16.2. The molecule has 2 aromatic carbocycles. The van der Waals surface area contributed by atoms with Gasteiger partial charge < -0.3 is 9.80 Å². The van der Waals surface area contributed by atoms with E-state index in [0.29, 0.717) is 21.8 Å². The number of hydrogen-bond acceptors (Lipinski definition) is 4. The Kier molecular flexibility index (Phi) is 4.53. The van der Waals surface area contributed by atoms with Gasteiger partial charge in [-0.2, -0.15) is 0 Å². The smallest absolute Gasteiger partial charge is 0.206 e. The molecule has 2 heterocycles. The number of likely N-dealkylation sites (N-methyl/N-ethyl adjacent to an activating group) is 1. The summed E-state index contributed by atoms with van der Waals surface area (Å²) < 4.78 is 26.0. The average molecular weight is 371 g/mol. The van der Waals surface area contributed by atoms with Crippen LogP contribution in [0, 0.1) is 0 Å². The van der Waals surface area contributed by atoms with Gasteiger partial charge in [-0.05, 0) is 61.8 Å². The van der Waals surface area contributed by atoms with Crippen LogP contribution in [0.4, 0.5) is 5.69 Å². The molecule has 138 valence electrons. The fourth-order valence-electron chi connectivity index (χ4n) is 4.52. The summed E-state index contributed by atoms with van der Waals surface area (Å²) in [4.78, 5) is 5.63. The molecule has 0 saturated carbocycles. The molecule has 26 heavy (non-hydrogen) atoms. The molecule has 0 amide bonds. The molecule has 1 saturated heterocycles. The Morgan fingerprint density at radius 2 is 1.73 bits per heavy atom. The number of nitrogens with zero attached hydrogens (tertiary/aromatic N) is 2. The molecular weight excluding hydrogens is 344 g/mol. The third-order valence-corrected chi connectivity index (χ3v) is 7.82. The van der Waals surface area contributed by atoms with Crippen molar-refractivity contribution in [3.63, 3.8) is 0 Å². The highest BCUT2D eigenvalue weighted by molar-refractivity contribution is 7.91. The predicted octanol–water partition coefficient (Wildman–Crippen LogP) is 3.54. The van der Waals surface area contributed by atoms with Crippen LogP contribution in [0.5, 0.6) is 0 Å². The number of sulfone groups is 1. The van der Waals surface area contributed by atoms with Gasteiger partial charge in [-0.25, -0.2) is 8.42 Å². The normalized spacial score (nSPS) is 23.4. The second-order valence-electron chi connectivity index (χ2n) is 7.33. The van der Waals surface area contributed by atoms with Gasteiger partial charge >= 0.3 is 0 Å². The molecule has 2 aliphatic rings. The Balaban J connectivity index is 1.73. The third-order valence-electron chi connectivity index (χ3n) is 6.05. The van der Waals surface area contributed by atoms with Crippen LogP contribution in [0.15, 0.2) is 58.3 Å². The van der Waals surface area contributed by atoms with E-state index in [9.17, 15) is 8.42 Å². The van der Waals surface area contributed by atoms with Crippen LogP contribution in [0.1, 0.15) is 31.2 Å². The molecule has 4 nitrogen and oxygen atoms in total. The Morgan fingerprint density at radius 3 is 2.46 bits per heavy atom. The van der Waals surface area contributed by atoms with Gasteiger partial charge in [0.25, 0.3) is 0 Å². The summed E-state index contributed by atoms with van der Waals surface area (Å²) in [5.41, 5.74) is 2.39. The van der Waals surface area contributed by atoms with E-state index in [2.05, 4.69) is 23.8 Å². The number of likely N-dealkylation sites (tertiary alicyclic amines) is 1. The maximum Gasteiger partial charge on any atom is 0.206 e. The van der Waals surface area contributed by atoms with Crippen molar-refractivity contribution in [3.8, 4) is 0 Å². The highest BCUT2D eigenvalue weighted by atomic mass is 32.2. The third kappa shape index (κ3) is 2.83. The topological polar surface area (TPSA) is 40.6 Å². The monoisotopic (exact) mass is 370 g/mol. The Hall–Kier alpha value is -1.85. The van der Waals surface area contributed by atoms with E-state index < -0.39 is 9.84 Å². The minimum absolute atomic E-state index is 0.362. The van der Waals surface area contributed by atoms with Crippen LogP contribution in [0.3, 0.4) is 0 Å². The fraction of sp³-hybridized carbons (Fsp3) is 0.429. The van der Waals surface area contributed by atoms with Crippen molar-refractivity contribution in [1.29, 1.82) is 0 Å². The van der Waals surface area contributed by atoms with Gasteiger partial charge in [-0.1, -0.05) is 25.1 Å². The van der Waals surface area contributed by atoms with Gasteiger partial charge in [-0.15, -0.1) is 0 Å². The first-order valence-electron chi connectivity index (χ1n) is 9.41. The Labute approximate surface area is 156 Å². The van der Waals surface area contributed by atoms with E-state index in [4.69, 9.17) is 0 Å². The average Bonchev–Trinajstić information content (AvgIpc) is 2.82. The number of fused-ring (bicyclic) bond motifs is 3. The van der Waals surface area contributed by atoms with Crippen molar-refractivity contribution in [2.45, 2.75) is 41.5 Å². The molecule has 2 aromatic rings. The van der Waals surface area contributed by atoms with Gasteiger partial charge in [0, 0.05) is 31.2 Å². The molecule has 1 fully saturated rings. The molecule has 2 atom stereocenters. The van der Waals surface area contributed by atoms with Crippen molar-refractivity contribution in [2.75, 3.05) is 31.6 Å². The highest BCUT2D eigenvalue weighted by Gasteiger charge is 2.38. The van der Waals surface area contributed by atoms with E-state index in [1.54, 1.807) is 30.3 Å². The van der Waals surface area contributed by atoms with Crippen LogP contribution in [0.25, 0.3) is 0 Å². The van der Waals surface area contributed by atoms with Crippen LogP contribution in [0.2, 0.25) is 0 Å². The molecule has 0 bridgehead atoms. The highest BCUT2D eigenvalue weighted by Crippen LogP contribution is 2.45. The first-order chi connectivity index (χ1) is 12.5. The maximum atomic E-state index is 13.0. The van der Waals surface area contributed by atoms with Gasteiger partial charge in [0.05, 0.1) is 9.79 Å². The van der Waals surface area contributed by atoms with Gasteiger partial charge in [-0.3, -0.25) is 0 Å². The predicted molar refractivity (Wildman–Crippen MR) is 105 cm³/mol. The van der Waals surface area contributed by atoms with E-state index in [-0.39, 0.29) is 0 Å². The van der Waals surface area contributed by atoms with E-state index in [1.165, 1.54) is 11.3 Å². The lowest BCUT2D eigenvalue weighted by Crippen LogP contribution is -2.31. The Morgan fingerprint density at radius 1 is 1.00 bits per heavy atom. The van der Waals surface area contributed by atoms with Crippen molar-refractivity contribution < 1.29 is 8.42 Å². The van der Waals surface area contributed by atoms with E-state index in [1.807, 2.05) is 18.2 Å². The Bertz CT molecular complexity index is 895. The minimum atomic E-state index is -3.47. The van der Waals surface area contributed by atoms with Crippen molar-refractivity contribution in [1.82, 2.24) is 4.90 Å². The summed E-state index contributed by atoms with van der Waals surface area (Å²) >= 11 is 0. The second kappa shape index (κ2) is 6.71. The first kappa shape index (κ1) is 17.6. The number of rotatable bonds is 3. The zero-order chi connectivity index (χ0) is 18.3. The number of benzene rings is 2. The molecule has 0 aromatic heterocycles. The van der Waals surface area contributed by atoms with Gasteiger partial charge in [0.1, 0.15) is 0 Å². The maximum absolute atomic E-state index is 13.0. The SMILES string of the molecule is CCN1CCC2[C@H](CC1)c1cc(S(=O)(=O)c3ccccc3)ccc1N2C. The lowest BCUT2D eigenvalue weighted by atomic mass is 9.91. The molecule has 0 aliphatic carbocycles. The quantitative estimate of drug-likeness (QED) is 0.829. The van der Waals surface area contributed by atoms with Crippen LogP contribution in [-0.4, -0.2) is 46.0 Å². The molecule has 0 spiro atoms. The van der Waals surface area contributed by atoms with Crippen molar-refractivity contribution in [2.24, 2.45) is 0 Å². The molecule has 4 rings (SSSR count). The van der Waals surface area contributed by atoms with Gasteiger partial charge in [0.15, 0.2) is 0 Å². The molecule has 2 aliphatic heterocycles. The fourth-order valence-corrected chi connectivity index (χ4v) is 5.83. The summed E-state index contributed by atoms with van der Waals surface area (Å²) in [6.07, 6.45) is 2.22. The van der Waals surface area contributed by atoms with E-state index >= 15 is 0 Å². The molecule has 0 radical (unpaired) electrons. The van der Waals surface area contributed by atoms with E-state index in [0.717, 1.165) is 32.5 Å². The molecule has 0 N–H and O–H groups in total. The van der Waals surface area contributed by atoms with Crippen LogP contribution >= 0.6 is 0 Å². The molecular formula is C21H26N2O2S. The van der Waals surface area contributed by atoms with Crippen LogP contribution < -0.4 is 4.90 Å². The zero-order valence-electron chi connectivity index (χ0n) is 15.4. The van der Waals surface area contributed by atoms with Gasteiger partial charge in [0.2, 0.25) is 9.84 Å². The summed E-state index contributed by atoms with van der Waals surface area (Å²) in [5.74, 6) is 0.414. The van der Waals surface area contributed by atoms with Crippen molar-refractivity contribution in [3.05, 3.63) is 54.1 Å². The first-order valence-corrected chi connectivity index (χ1v) is 10.9. The summed E-state index contributed by atoms with van der Waals surface area (Å²) in [6.45, 7) is 5.49. The summed E-state index contributed by atoms with van der Waals surface area (Å²) in [7, 11) is -1.32.